The minimum absolute atomic E-state index is 0.242. The molecule has 0 bridgehead atoms. The van der Waals surface area contributed by atoms with Gasteiger partial charge < -0.3 is 5.32 Å². The molecule has 0 spiro atoms. The van der Waals surface area contributed by atoms with Gasteiger partial charge in [0, 0.05) is 8.59 Å². The van der Waals surface area contributed by atoms with E-state index in [1.165, 1.54) is 0 Å². The highest BCUT2D eigenvalue weighted by molar-refractivity contribution is 14.1. The molecule has 0 atom stereocenters. The predicted octanol–water partition coefficient (Wildman–Crippen LogP) is 4.04. The van der Waals surface area contributed by atoms with Gasteiger partial charge in [-0.1, -0.05) is 29.8 Å². The van der Waals surface area contributed by atoms with Crippen molar-refractivity contribution >= 4 is 57.9 Å². The third kappa shape index (κ3) is 3.00. The summed E-state index contributed by atoms with van der Waals surface area (Å²) in [6.45, 7) is 0. The van der Waals surface area contributed by atoms with E-state index in [2.05, 4.69) is 27.9 Å². The van der Waals surface area contributed by atoms with Gasteiger partial charge in [0.05, 0.1) is 5.69 Å². The highest BCUT2D eigenvalue weighted by atomic mass is 127. The molecule has 1 saturated heterocycles. The summed E-state index contributed by atoms with van der Waals surface area (Å²) in [5.74, 6) is -0.397. The molecular weight excluding hydrogens is 415 g/mol. The fourth-order valence-electron chi connectivity index (χ4n) is 2.11. The molecule has 2 aromatic rings. The van der Waals surface area contributed by atoms with Gasteiger partial charge in [-0.3, -0.25) is 4.79 Å². The first kappa shape index (κ1) is 15.1. The van der Waals surface area contributed by atoms with E-state index >= 15 is 0 Å². The van der Waals surface area contributed by atoms with Gasteiger partial charge in [-0.15, -0.1) is 0 Å². The number of amides is 3. The molecule has 3 rings (SSSR count). The van der Waals surface area contributed by atoms with Crippen molar-refractivity contribution in [1.29, 1.82) is 0 Å². The highest BCUT2D eigenvalue weighted by Crippen LogP contribution is 2.24. The number of rotatable bonds is 2. The molecule has 1 aliphatic heterocycles. The summed E-state index contributed by atoms with van der Waals surface area (Å²) in [4.78, 5) is 25.6. The monoisotopic (exact) mass is 424 g/mol. The molecule has 1 N–H and O–H groups in total. The van der Waals surface area contributed by atoms with Crippen LogP contribution in [-0.4, -0.2) is 11.9 Å². The Kier molecular flexibility index (Phi) is 4.17. The fraction of sp³-hybridized carbons (Fsp3) is 0. The lowest BCUT2D eigenvalue weighted by molar-refractivity contribution is -0.113. The number of benzene rings is 2. The Bertz CT molecular complexity index is 787. The number of hydrogen-bond acceptors (Lipinski definition) is 2. The Balaban J connectivity index is 1.93. The van der Waals surface area contributed by atoms with E-state index in [0.717, 1.165) is 14.0 Å². The van der Waals surface area contributed by atoms with E-state index in [4.69, 9.17) is 11.6 Å². The molecule has 0 unspecified atom stereocenters. The second-order valence-electron chi connectivity index (χ2n) is 4.66. The van der Waals surface area contributed by atoms with E-state index in [0.29, 0.717) is 10.7 Å². The average molecular weight is 425 g/mol. The molecule has 4 nitrogen and oxygen atoms in total. The smallest absolute Gasteiger partial charge is 0.302 e. The third-order valence-corrected chi connectivity index (χ3v) is 4.08. The molecule has 0 aliphatic carbocycles. The largest absolute Gasteiger partial charge is 0.333 e. The Hall–Kier alpha value is -1.86. The molecule has 1 fully saturated rings. The van der Waals surface area contributed by atoms with Crippen LogP contribution in [0.3, 0.4) is 0 Å². The number of hydrogen-bond donors (Lipinski definition) is 1. The standard InChI is InChI=1S/C16H10ClIN2O2/c17-11-2-1-3-13(9-11)20-15(21)14(19-16(20)22)8-10-4-6-12(18)7-5-10/h1-9H,(H,19,22)/b14-8-. The molecule has 6 heteroatoms. The highest BCUT2D eigenvalue weighted by Gasteiger charge is 2.34. The van der Waals surface area contributed by atoms with Crippen LogP contribution >= 0.6 is 34.2 Å². The summed E-state index contributed by atoms with van der Waals surface area (Å²) in [6.07, 6.45) is 1.65. The molecule has 22 heavy (non-hydrogen) atoms. The van der Waals surface area contributed by atoms with E-state index in [-0.39, 0.29) is 5.70 Å². The topological polar surface area (TPSA) is 49.4 Å². The summed E-state index contributed by atoms with van der Waals surface area (Å²) in [5, 5.41) is 3.05. The Morgan fingerprint density at radius 1 is 1.09 bits per heavy atom. The van der Waals surface area contributed by atoms with Crippen molar-refractivity contribution in [2.45, 2.75) is 0 Å². The van der Waals surface area contributed by atoms with E-state index in [1.807, 2.05) is 24.3 Å². The van der Waals surface area contributed by atoms with Crippen molar-refractivity contribution < 1.29 is 9.59 Å². The zero-order valence-electron chi connectivity index (χ0n) is 11.2. The molecular formula is C16H10ClIN2O2. The summed E-state index contributed by atoms with van der Waals surface area (Å²) in [7, 11) is 0. The van der Waals surface area contributed by atoms with E-state index < -0.39 is 11.9 Å². The predicted molar refractivity (Wildman–Crippen MR) is 94.6 cm³/mol. The second kappa shape index (κ2) is 6.10. The van der Waals surface area contributed by atoms with Crippen molar-refractivity contribution in [3.05, 3.63) is 68.4 Å². The molecule has 1 aliphatic rings. The van der Waals surface area contributed by atoms with Crippen LogP contribution in [0.15, 0.2) is 54.2 Å². The SMILES string of the molecule is O=C1N/C(=C\c2ccc(I)cc2)C(=O)N1c1cccc(Cl)c1. The first-order valence-corrected chi connectivity index (χ1v) is 7.88. The number of imide groups is 1. The van der Waals surface area contributed by atoms with Crippen molar-refractivity contribution in [3.63, 3.8) is 0 Å². The molecule has 0 saturated carbocycles. The van der Waals surface area contributed by atoms with Crippen LogP contribution in [0.4, 0.5) is 10.5 Å². The number of carbonyl (C=O) groups excluding carboxylic acids is 2. The Labute approximate surface area is 145 Å². The minimum atomic E-state index is -0.482. The van der Waals surface area contributed by atoms with Crippen LogP contribution in [0.25, 0.3) is 6.08 Å². The number of nitrogens with zero attached hydrogens (tertiary/aromatic N) is 1. The van der Waals surface area contributed by atoms with Gasteiger partial charge in [0.25, 0.3) is 5.91 Å². The van der Waals surface area contributed by atoms with E-state index in [1.54, 1.807) is 30.3 Å². The number of nitrogens with one attached hydrogen (secondary N) is 1. The first-order valence-electron chi connectivity index (χ1n) is 6.43. The zero-order valence-corrected chi connectivity index (χ0v) is 14.1. The normalized spacial score (nSPS) is 16.3. The van der Waals surface area contributed by atoms with Crippen molar-refractivity contribution in [2.75, 3.05) is 4.90 Å². The molecule has 2 aromatic carbocycles. The molecule has 0 radical (unpaired) electrons. The Morgan fingerprint density at radius 3 is 2.50 bits per heavy atom. The van der Waals surface area contributed by atoms with Gasteiger partial charge >= 0.3 is 6.03 Å². The maximum atomic E-state index is 12.4. The number of halogens is 2. The third-order valence-electron chi connectivity index (χ3n) is 3.13. The van der Waals surface area contributed by atoms with Crippen LogP contribution in [0.1, 0.15) is 5.56 Å². The van der Waals surface area contributed by atoms with Gasteiger partial charge in [-0.2, -0.15) is 0 Å². The van der Waals surface area contributed by atoms with Gasteiger partial charge in [-0.05, 0) is 64.6 Å². The van der Waals surface area contributed by atoms with Crippen LogP contribution < -0.4 is 10.2 Å². The van der Waals surface area contributed by atoms with Crippen LogP contribution in [-0.2, 0) is 4.79 Å². The first-order chi connectivity index (χ1) is 10.5. The zero-order chi connectivity index (χ0) is 15.7. The Morgan fingerprint density at radius 2 is 1.82 bits per heavy atom. The van der Waals surface area contributed by atoms with Crippen molar-refractivity contribution in [3.8, 4) is 0 Å². The summed E-state index contributed by atoms with van der Waals surface area (Å²) in [6, 6.07) is 13.8. The van der Waals surface area contributed by atoms with Crippen LogP contribution in [0.2, 0.25) is 5.02 Å². The lowest BCUT2D eigenvalue weighted by Crippen LogP contribution is -2.30. The van der Waals surface area contributed by atoms with Gasteiger partial charge in [0.2, 0.25) is 0 Å². The summed E-state index contributed by atoms with van der Waals surface area (Å²) < 4.78 is 1.10. The summed E-state index contributed by atoms with van der Waals surface area (Å²) in [5.41, 5.74) is 1.53. The summed E-state index contributed by atoms with van der Waals surface area (Å²) >= 11 is 8.12. The number of urea groups is 1. The maximum absolute atomic E-state index is 12.4. The van der Waals surface area contributed by atoms with Crippen LogP contribution in [0.5, 0.6) is 0 Å². The minimum Gasteiger partial charge on any atom is -0.302 e. The van der Waals surface area contributed by atoms with Gasteiger partial charge in [0.15, 0.2) is 0 Å². The van der Waals surface area contributed by atoms with Gasteiger partial charge in [-0.25, -0.2) is 9.69 Å². The van der Waals surface area contributed by atoms with Crippen LogP contribution in [0, 0.1) is 3.57 Å². The lowest BCUT2D eigenvalue weighted by Gasteiger charge is -2.11. The van der Waals surface area contributed by atoms with Crippen molar-refractivity contribution in [1.82, 2.24) is 5.32 Å². The number of anilines is 1. The van der Waals surface area contributed by atoms with Crippen molar-refractivity contribution in [2.24, 2.45) is 0 Å². The molecule has 1 heterocycles. The average Bonchev–Trinajstić information content (AvgIpc) is 2.76. The molecule has 3 amide bonds. The fourth-order valence-corrected chi connectivity index (χ4v) is 2.65. The number of carbonyl (C=O) groups is 2. The molecule has 0 aromatic heterocycles. The quantitative estimate of drug-likeness (QED) is 0.449. The molecule has 110 valence electrons. The lowest BCUT2D eigenvalue weighted by atomic mass is 10.2. The van der Waals surface area contributed by atoms with Gasteiger partial charge in [0.1, 0.15) is 5.70 Å². The second-order valence-corrected chi connectivity index (χ2v) is 6.34. The maximum Gasteiger partial charge on any atom is 0.333 e. The van der Waals surface area contributed by atoms with E-state index in [9.17, 15) is 9.59 Å².